The smallest absolute Gasteiger partial charge is 0.138 e. The molecule has 0 aromatic carbocycles. The highest BCUT2D eigenvalue weighted by atomic mass is 79.9. The summed E-state index contributed by atoms with van der Waals surface area (Å²) in [5.41, 5.74) is 6.81. The Morgan fingerprint density at radius 3 is 2.57 bits per heavy atom. The van der Waals surface area contributed by atoms with E-state index in [1.165, 1.54) is 4.88 Å². The number of anilines is 2. The largest absolute Gasteiger partial charge is 0.383 e. The molecule has 0 saturated carbocycles. The van der Waals surface area contributed by atoms with Crippen LogP contribution in [-0.4, -0.2) is 16.5 Å². The second kappa shape index (κ2) is 6.32. The molecule has 2 heterocycles. The van der Waals surface area contributed by atoms with Gasteiger partial charge in [-0.1, -0.05) is 20.8 Å². The molecule has 0 aliphatic carbocycles. The third-order valence-corrected chi connectivity index (χ3v) is 4.83. The van der Waals surface area contributed by atoms with Gasteiger partial charge in [0.1, 0.15) is 17.5 Å². The molecule has 0 saturated heterocycles. The molecule has 0 unspecified atom stereocenters. The third kappa shape index (κ3) is 4.17. The Balaban J connectivity index is 2.10. The predicted molar refractivity (Wildman–Crippen MR) is 94.1 cm³/mol. The molecule has 0 fully saturated rings. The second-order valence-corrected chi connectivity index (χ2v) is 8.59. The summed E-state index contributed by atoms with van der Waals surface area (Å²) in [5, 5.41) is 3.38. The van der Waals surface area contributed by atoms with Crippen molar-refractivity contribution in [2.45, 2.75) is 39.5 Å². The van der Waals surface area contributed by atoms with Gasteiger partial charge in [-0.15, -0.1) is 11.3 Å². The normalized spacial score (nSPS) is 11.7. The molecule has 0 aliphatic heterocycles. The van der Waals surface area contributed by atoms with Crippen LogP contribution in [0.3, 0.4) is 0 Å². The van der Waals surface area contributed by atoms with Crippen LogP contribution in [0.25, 0.3) is 0 Å². The number of nitrogen functional groups attached to an aromatic ring is 1. The van der Waals surface area contributed by atoms with E-state index in [2.05, 4.69) is 64.1 Å². The molecule has 2 aromatic rings. The maximum absolute atomic E-state index is 6.01. The van der Waals surface area contributed by atoms with E-state index in [4.69, 9.17) is 5.73 Å². The van der Waals surface area contributed by atoms with E-state index in [9.17, 15) is 0 Å². The summed E-state index contributed by atoms with van der Waals surface area (Å²) in [4.78, 5) is 10.4. The lowest BCUT2D eigenvalue weighted by Crippen LogP contribution is -2.20. The van der Waals surface area contributed by atoms with Crippen molar-refractivity contribution in [1.82, 2.24) is 9.97 Å². The van der Waals surface area contributed by atoms with Crippen LogP contribution in [0.15, 0.2) is 15.9 Å². The van der Waals surface area contributed by atoms with Crippen LogP contribution in [0.4, 0.5) is 11.6 Å². The number of hydrogen-bond donors (Lipinski definition) is 2. The zero-order valence-electron chi connectivity index (χ0n) is 12.8. The van der Waals surface area contributed by atoms with Gasteiger partial charge in [0.15, 0.2) is 0 Å². The summed E-state index contributed by atoms with van der Waals surface area (Å²) >= 11 is 5.24. The van der Waals surface area contributed by atoms with Gasteiger partial charge in [-0.25, -0.2) is 9.97 Å². The van der Waals surface area contributed by atoms with Gasteiger partial charge in [0.05, 0.1) is 3.79 Å². The number of thiophene rings is 1. The van der Waals surface area contributed by atoms with Crippen LogP contribution in [0.1, 0.15) is 37.0 Å². The maximum atomic E-state index is 6.01. The number of hydrogen-bond acceptors (Lipinski definition) is 5. The Bertz CT molecular complexity index is 631. The summed E-state index contributed by atoms with van der Waals surface area (Å²) in [6.45, 7) is 9.04. The average Bonchev–Trinajstić information content (AvgIpc) is 2.79. The van der Waals surface area contributed by atoms with E-state index < -0.39 is 0 Å². The monoisotopic (exact) mass is 368 g/mol. The van der Waals surface area contributed by atoms with Crippen molar-refractivity contribution in [2.24, 2.45) is 0 Å². The zero-order chi connectivity index (χ0) is 15.6. The SMILES string of the molecule is Cc1c(N)nc(C(C)(C)C)nc1NCCc1ccc(Br)s1. The van der Waals surface area contributed by atoms with Gasteiger partial charge in [-0.05, 0) is 41.4 Å². The molecule has 0 amide bonds. The zero-order valence-corrected chi connectivity index (χ0v) is 15.2. The van der Waals surface area contributed by atoms with Crippen molar-refractivity contribution in [3.63, 3.8) is 0 Å². The minimum atomic E-state index is -0.114. The van der Waals surface area contributed by atoms with Gasteiger partial charge < -0.3 is 11.1 Å². The van der Waals surface area contributed by atoms with Crippen molar-refractivity contribution in [3.05, 3.63) is 32.2 Å². The molecule has 2 rings (SSSR count). The minimum absolute atomic E-state index is 0.114. The van der Waals surface area contributed by atoms with Crippen LogP contribution in [0.2, 0.25) is 0 Å². The first-order valence-corrected chi connectivity index (χ1v) is 8.51. The Labute approximate surface area is 138 Å². The average molecular weight is 369 g/mol. The highest BCUT2D eigenvalue weighted by molar-refractivity contribution is 9.11. The summed E-state index contributed by atoms with van der Waals surface area (Å²) in [7, 11) is 0. The molecule has 0 bridgehead atoms. The molecule has 0 radical (unpaired) electrons. The third-order valence-electron chi connectivity index (χ3n) is 3.15. The summed E-state index contributed by atoms with van der Waals surface area (Å²) in [5.74, 6) is 2.16. The van der Waals surface area contributed by atoms with Crippen LogP contribution < -0.4 is 11.1 Å². The number of rotatable bonds is 4. The van der Waals surface area contributed by atoms with Gasteiger partial charge in [-0.3, -0.25) is 0 Å². The fourth-order valence-corrected chi connectivity index (χ4v) is 3.31. The summed E-state index contributed by atoms with van der Waals surface area (Å²) < 4.78 is 1.16. The van der Waals surface area contributed by atoms with Crippen molar-refractivity contribution in [3.8, 4) is 0 Å². The van der Waals surface area contributed by atoms with E-state index >= 15 is 0 Å². The van der Waals surface area contributed by atoms with Gasteiger partial charge >= 0.3 is 0 Å². The van der Waals surface area contributed by atoms with Crippen molar-refractivity contribution in [1.29, 1.82) is 0 Å². The Kier molecular flexibility index (Phi) is 4.88. The lowest BCUT2D eigenvalue weighted by Gasteiger charge is -2.19. The standard InChI is InChI=1S/C15H21BrN4S/c1-9-12(17)19-14(15(2,3)4)20-13(9)18-8-7-10-5-6-11(16)21-10/h5-6H,7-8H2,1-4H3,(H3,17,18,19,20). The number of halogens is 1. The highest BCUT2D eigenvalue weighted by Gasteiger charge is 2.20. The second-order valence-electron chi connectivity index (χ2n) is 6.04. The fourth-order valence-electron chi connectivity index (χ4n) is 1.83. The molecule has 6 heteroatoms. The molecule has 114 valence electrons. The molecule has 4 nitrogen and oxygen atoms in total. The number of nitrogens with zero attached hydrogens (tertiary/aromatic N) is 2. The van der Waals surface area contributed by atoms with Crippen molar-refractivity contribution >= 4 is 38.9 Å². The first-order valence-electron chi connectivity index (χ1n) is 6.90. The highest BCUT2D eigenvalue weighted by Crippen LogP contribution is 2.25. The van der Waals surface area contributed by atoms with Crippen LogP contribution in [-0.2, 0) is 11.8 Å². The van der Waals surface area contributed by atoms with Crippen LogP contribution in [0, 0.1) is 6.92 Å². The Morgan fingerprint density at radius 2 is 2.00 bits per heavy atom. The molecule has 2 aromatic heterocycles. The fraction of sp³-hybridized carbons (Fsp3) is 0.467. The maximum Gasteiger partial charge on any atom is 0.138 e. The predicted octanol–water partition coefficient (Wildman–Crippen LogP) is 4.14. The Hall–Kier alpha value is -1.14. The number of nitrogens with two attached hydrogens (primary N) is 1. The van der Waals surface area contributed by atoms with Gasteiger partial charge in [0.25, 0.3) is 0 Å². The minimum Gasteiger partial charge on any atom is -0.383 e. The first kappa shape index (κ1) is 16.2. The van der Waals surface area contributed by atoms with Gasteiger partial charge in [0.2, 0.25) is 0 Å². The number of aromatic nitrogens is 2. The lowest BCUT2D eigenvalue weighted by molar-refractivity contribution is 0.546. The first-order chi connectivity index (χ1) is 9.77. The molecule has 0 atom stereocenters. The quantitative estimate of drug-likeness (QED) is 0.850. The summed E-state index contributed by atoms with van der Waals surface area (Å²) in [6.07, 6.45) is 0.963. The molecular weight excluding hydrogens is 348 g/mol. The molecule has 0 spiro atoms. The van der Waals surface area contributed by atoms with Gasteiger partial charge in [-0.2, -0.15) is 0 Å². The molecule has 21 heavy (non-hydrogen) atoms. The molecule has 0 aliphatic rings. The topological polar surface area (TPSA) is 63.8 Å². The number of nitrogens with one attached hydrogen (secondary N) is 1. The van der Waals surface area contributed by atoms with E-state index in [-0.39, 0.29) is 5.41 Å². The van der Waals surface area contributed by atoms with Crippen molar-refractivity contribution in [2.75, 3.05) is 17.6 Å². The van der Waals surface area contributed by atoms with E-state index in [1.807, 2.05) is 6.92 Å². The molecular formula is C15H21BrN4S. The van der Waals surface area contributed by atoms with Gasteiger partial charge in [0, 0.05) is 22.4 Å². The van der Waals surface area contributed by atoms with Crippen LogP contribution >= 0.6 is 27.3 Å². The molecule has 3 N–H and O–H groups in total. The van der Waals surface area contributed by atoms with E-state index in [1.54, 1.807) is 11.3 Å². The van der Waals surface area contributed by atoms with Crippen LogP contribution in [0.5, 0.6) is 0 Å². The summed E-state index contributed by atoms with van der Waals surface area (Å²) in [6, 6.07) is 4.21. The van der Waals surface area contributed by atoms with E-state index in [0.29, 0.717) is 5.82 Å². The lowest BCUT2D eigenvalue weighted by atomic mass is 9.95. The van der Waals surface area contributed by atoms with Crippen molar-refractivity contribution < 1.29 is 0 Å². The van der Waals surface area contributed by atoms with E-state index in [0.717, 1.165) is 34.0 Å². The Morgan fingerprint density at radius 1 is 1.29 bits per heavy atom.